The Bertz CT molecular complexity index is 737. The predicted octanol–water partition coefficient (Wildman–Crippen LogP) is 2.19. The quantitative estimate of drug-likeness (QED) is 0.926. The number of hydrogen-bond acceptors (Lipinski definition) is 5. The molecule has 19 heavy (non-hydrogen) atoms. The summed E-state index contributed by atoms with van der Waals surface area (Å²) >= 11 is 0. The summed E-state index contributed by atoms with van der Waals surface area (Å²) in [6, 6.07) is 8.25. The summed E-state index contributed by atoms with van der Waals surface area (Å²) in [6.07, 6.45) is 1.39. The maximum Gasteiger partial charge on any atom is 0.208 e. The van der Waals surface area contributed by atoms with Gasteiger partial charge in [0.15, 0.2) is 9.84 Å². The van der Waals surface area contributed by atoms with E-state index in [9.17, 15) is 8.42 Å². The maximum atomic E-state index is 11.7. The van der Waals surface area contributed by atoms with Gasteiger partial charge in [0.1, 0.15) is 17.9 Å². The molecule has 0 bridgehead atoms. The molecule has 1 heterocycles. The number of nitrogens with two attached hydrogens (primary N) is 1. The van der Waals surface area contributed by atoms with Gasteiger partial charge in [0.2, 0.25) is 5.88 Å². The van der Waals surface area contributed by atoms with Crippen molar-refractivity contribution in [2.24, 2.45) is 0 Å². The molecule has 2 aromatic rings. The zero-order chi connectivity index (χ0) is 14.0. The highest BCUT2D eigenvalue weighted by molar-refractivity contribution is 7.91. The number of nitrogen functional groups attached to an aromatic ring is 1. The number of benzene rings is 1. The van der Waals surface area contributed by atoms with Crippen molar-refractivity contribution in [1.82, 2.24) is 0 Å². The highest BCUT2D eigenvalue weighted by Gasteiger charge is 2.15. The third kappa shape index (κ3) is 2.33. The molecule has 1 aromatic heterocycles. The highest BCUT2D eigenvalue weighted by Crippen LogP contribution is 2.29. The van der Waals surface area contributed by atoms with E-state index in [4.69, 9.17) is 15.4 Å². The van der Waals surface area contributed by atoms with Crippen LogP contribution in [0.25, 0.3) is 11.1 Å². The van der Waals surface area contributed by atoms with Gasteiger partial charge in [0.25, 0.3) is 0 Å². The molecule has 0 atom stereocenters. The molecule has 2 N–H and O–H groups in total. The molecule has 0 unspecified atom stereocenters. The second kappa shape index (κ2) is 4.78. The molecule has 0 amide bonds. The molecule has 0 saturated carbocycles. The standard InChI is InChI=1S/C13H12N2O3S/c1-2-19(16,17)10-5-3-9(4-6-10)12-8-18-13(15)11(12)7-14/h3-6,8H,2,15H2,1H3. The minimum atomic E-state index is -3.22. The van der Waals surface area contributed by atoms with Gasteiger partial charge in [0.05, 0.1) is 10.6 Å². The van der Waals surface area contributed by atoms with Crippen LogP contribution in [0.4, 0.5) is 5.88 Å². The molecule has 0 aliphatic heterocycles. The fourth-order valence-electron chi connectivity index (χ4n) is 1.71. The first kappa shape index (κ1) is 13.2. The van der Waals surface area contributed by atoms with Gasteiger partial charge in [0, 0.05) is 5.56 Å². The largest absolute Gasteiger partial charge is 0.447 e. The normalized spacial score (nSPS) is 11.2. The number of sulfone groups is 1. The number of nitriles is 1. The lowest BCUT2D eigenvalue weighted by atomic mass is 10.1. The molecule has 5 nitrogen and oxygen atoms in total. The Morgan fingerprint density at radius 2 is 1.95 bits per heavy atom. The lowest BCUT2D eigenvalue weighted by molar-refractivity contribution is 0.588. The number of hydrogen-bond donors (Lipinski definition) is 1. The zero-order valence-electron chi connectivity index (χ0n) is 10.3. The summed E-state index contributed by atoms with van der Waals surface area (Å²) in [6.45, 7) is 1.59. The van der Waals surface area contributed by atoms with Crippen LogP contribution in [-0.2, 0) is 9.84 Å². The van der Waals surface area contributed by atoms with Gasteiger partial charge in [-0.25, -0.2) is 8.42 Å². The lowest BCUT2D eigenvalue weighted by Gasteiger charge is -2.03. The minimum absolute atomic E-state index is 0.0501. The van der Waals surface area contributed by atoms with E-state index in [1.807, 2.05) is 6.07 Å². The maximum absolute atomic E-state index is 11.7. The number of rotatable bonds is 3. The number of nitrogens with zero attached hydrogens (tertiary/aromatic N) is 1. The monoisotopic (exact) mass is 276 g/mol. The summed E-state index contributed by atoms with van der Waals surface area (Å²) in [5, 5.41) is 8.99. The Morgan fingerprint density at radius 3 is 2.47 bits per heavy atom. The number of anilines is 1. The number of furan rings is 1. The van der Waals surface area contributed by atoms with Crippen molar-refractivity contribution >= 4 is 15.7 Å². The zero-order valence-corrected chi connectivity index (χ0v) is 11.1. The molecule has 1 aromatic carbocycles. The van der Waals surface area contributed by atoms with Crippen LogP contribution < -0.4 is 5.73 Å². The van der Waals surface area contributed by atoms with Gasteiger partial charge in [-0.15, -0.1) is 0 Å². The second-order valence-corrected chi connectivity index (χ2v) is 6.21. The van der Waals surface area contributed by atoms with Crippen molar-refractivity contribution in [2.75, 3.05) is 11.5 Å². The molecule has 0 saturated heterocycles. The van der Waals surface area contributed by atoms with Crippen molar-refractivity contribution in [3.63, 3.8) is 0 Å². The van der Waals surface area contributed by atoms with E-state index < -0.39 is 9.84 Å². The van der Waals surface area contributed by atoms with Crippen LogP contribution in [0, 0.1) is 11.3 Å². The van der Waals surface area contributed by atoms with E-state index in [2.05, 4.69) is 0 Å². The van der Waals surface area contributed by atoms with Gasteiger partial charge in [-0.2, -0.15) is 5.26 Å². The Labute approximate surface area is 111 Å². The van der Waals surface area contributed by atoms with Crippen molar-refractivity contribution in [3.8, 4) is 17.2 Å². The van der Waals surface area contributed by atoms with Crippen LogP contribution >= 0.6 is 0 Å². The Morgan fingerprint density at radius 1 is 1.32 bits per heavy atom. The molecule has 0 radical (unpaired) electrons. The van der Waals surface area contributed by atoms with Crippen LogP contribution in [-0.4, -0.2) is 14.2 Å². The minimum Gasteiger partial charge on any atom is -0.447 e. The van der Waals surface area contributed by atoms with E-state index in [0.29, 0.717) is 11.1 Å². The van der Waals surface area contributed by atoms with Crippen molar-refractivity contribution < 1.29 is 12.8 Å². The Kier molecular flexibility index (Phi) is 3.32. The summed E-state index contributed by atoms with van der Waals surface area (Å²) in [7, 11) is -3.22. The van der Waals surface area contributed by atoms with E-state index in [0.717, 1.165) is 0 Å². The molecule has 0 aliphatic rings. The molecular formula is C13H12N2O3S. The predicted molar refractivity (Wildman–Crippen MR) is 71.0 cm³/mol. The molecule has 6 heteroatoms. The molecule has 0 aliphatic carbocycles. The average Bonchev–Trinajstić information content (AvgIpc) is 2.80. The highest BCUT2D eigenvalue weighted by atomic mass is 32.2. The van der Waals surface area contributed by atoms with Crippen molar-refractivity contribution in [1.29, 1.82) is 5.26 Å². The van der Waals surface area contributed by atoms with E-state index in [-0.39, 0.29) is 22.1 Å². The van der Waals surface area contributed by atoms with Crippen LogP contribution in [0.15, 0.2) is 39.8 Å². The van der Waals surface area contributed by atoms with Crippen molar-refractivity contribution in [3.05, 3.63) is 36.1 Å². The molecule has 0 spiro atoms. The topological polar surface area (TPSA) is 97.1 Å². The first-order valence-electron chi connectivity index (χ1n) is 5.60. The molecular weight excluding hydrogens is 264 g/mol. The second-order valence-electron chi connectivity index (χ2n) is 3.93. The Hall–Kier alpha value is -2.26. The lowest BCUT2D eigenvalue weighted by Crippen LogP contribution is -2.03. The van der Waals surface area contributed by atoms with Gasteiger partial charge in [-0.3, -0.25) is 0 Å². The summed E-state index contributed by atoms with van der Waals surface area (Å²) in [4.78, 5) is 0.258. The van der Waals surface area contributed by atoms with Crippen LogP contribution in [0.3, 0.4) is 0 Å². The van der Waals surface area contributed by atoms with E-state index in [1.165, 1.54) is 18.4 Å². The third-order valence-electron chi connectivity index (χ3n) is 2.84. The SMILES string of the molecule is CCS(=O)(=O)c1ccc(-c2coc(N)c2C#N)cc1. The van der Waals surface area contributed by atoms with E-state index in [1.54, 1.807) is 19.1 Å². The summed E-state index contributed by atoms with van der Waals surface area (Å²) in [5.74, 6) is 0.108. The fourth-order valence-corrected chi connectivity index (χ4v) is 2.59. The van der Waals surface area contributed by atoms with Crippen LogP contribution in [0.1, 0.15) is 12.5 Å². The Balaban J connectivity index is 2.47. The fraction of sp³-hybridized carbons (Fsp3) is 0.154. The summed E-state index contributed by atoms with van der Waals surface area (Å²) in [5.41, 5.74) is 7.02. The summed E-state index contributed by atoms with van der Waals surface area (Å²) < 4.78 is 28.4. The first-order valence-corrected chi connectivity index (χ1v) is 7.25. The van der Waals surface area contributed by atoms with E-state index >= 15 is 0 Å². The van der Waals surface area contributed by atoms with Crippen LogP contribution in [0.5, 0.6) is 0 Å². The van der Waals surface area contributed by atoms with Gasteiger partial charge in [-0.05, 0) is 17.7 Å². The smallest absolute Gasteiger partial charge is 0.208 e. The first-order chi connectivity index (χ1) is 8.99. The van der Waals surface area contributed by atoms with Gasteiger partial charge >= 0.3 is 0 Å². The molecule has 0 fully saturated rings. The van der Waals surface area contributed by atoms with Gasteiger partial charge in [-0.1, -0.05) is 19.1 Å². The average molecular weight is 276 g/mol. The van der Waals surface area contributed by atoms with Crippen molar-refractivity contribution in [2.45, 2.75) is 11.8 Å². The third-order valence-corrected chi connectivity index (χ3v) is 4.59. The van der Waals surface area contributed by atoms with Gasteiger partial charge < -0.3 is 10.2 Å². The molecule has 98 valence electrons. The van der Waals surface area contributed by atoms with Crippen LogP contribution in [0.2, 0.25) is 0 Å². The molecule has 2 rings (SSSR count).